The number of hydrogen-bond donors (Lipinski definition) is 2. The number of nitrogens with one attached hydrogen (secondary N) is 2. The maximum atomic E-state index is 4.92. The van der Waals surface area contributed by atoms with E-state index in [9.17, 15) is 0 Å². The Kier molecular flexibility index (Phi) is 9.45. The van der Waals surface area contributed by atoms with Crippen LogP contribution in [0.5, 0.6) is 0 Å². The Morgan fingerprint density at radius 2 is 1.74 bits per heavy atom. The molecule has 3 aromatic heterocycles. The van der Waals surface area contributed by atoms with Gasteiger partial charge in [-0.25, -0.2) is 15.0 Å². The average molecular weight is 494 g/mol. The third-order valence-corrected chi connectivity index (χ3v) is 7.53. The first kappa shape index (κ1) is 25.5. The number of nitrogens with zero attached hydrogens (tertiary/aromatic N) is 5. The van der Waals surface area contributed by atoms with E-state index in [0.717, 1.165) is 36.7 Å². The van der Waals surface area contributed by atoms with Crippen LogP contribution in [0.4, 0.5) is 0 Å². The van der Waals surface area contributed by atoms with Gasteiger partial charge in [0.15, 0.2) is 0 Å². The molecule has 0 radical (unpaired) electrons. The smallest absolute Gasteiger partial charge is 0.123 e. The SMILES string of the molecule is CCCN(CCC)CCCCc1nc2ccc(CN(Cc3ncc[nH]3)C(C)c3ncc[nH]3)cc2s1. The van der Waals surface area contributed by atoms with Gasteiger partial charge in [0, 0.05) is 31.3 Å². The number of unbranched alkanes of at least 4 members (excludes halogenated alkanes) is 1. The van der Waals surface area contributed by atoms with Crippen LogP contribution < -0.4 is 0 Å². The fourth-order valence-corrected chi connectivity index (χ4v) is 5.69. The summed E-state index contributed by atoms with van der Waals surface area (Å²) in [6, 6.07) is 6.84. The van der Waals surface area contributed by atoms with Crippen molar-refractivity contribution in [2.75, 3.05) is 19.6 Å². The second-order valence-electron chi connectivity index (χ2n) is 9.30. The van der Waals surface area contributed by atoms with Crippen LogP contribution in [0.3, 0.4) is 0 Å². The van der Waals surface area contributed by atoms with E-state index in [1.165, 1.54) is 60.6 Å². The highest BCUT2D eigenvalue weighted by Crippen LogP contribution is 2.27. The third-order valence-electron chi connectivity index (χ3n) is 6.45. The quantitative estimate of drug-likeness (QED) is 0.200. The molecular formula is C27H39N7S. The number of fused-ring (bicyclic) bond motifs is 1. The summed E-state index contributed by atoms with van der Waals surface area (Å²) in [5.74, 6) is 1.93. The van der Waals surface area contributed by atoms with Crippen molar-refractivity contribution in [1.29, 1.82) is 0 Å². The molecule has 0 fully saturated rings. The first-order valence-corrected chi connectivity index (χ1v) is 13.8. The zero-order chi connectivity index (χ0) is 24.5. The standard InChI is InChI=1S/C27H39N7S/c1-4-15-33(16-5-2)17-7-6-8-26-32-23-10-9-22(18-24(23)35-26)19-34(20-25-28-11-12-29-25)21(3)27-30-13-14-31-27/h9-14,18,21H,4-8,15-17,19-20H2,1-3H3,(H,28,29)(H,30,31). The van der Waals surface area contributed by atoms with E-state index < -0.39 is 0 Å². The van der Waals surface area contributed by atoms with E-state index in [1.807, 2.05) is 29.9 Å². The van der Waals surface area contributed by atoms with Gasteiger partial charge in [0.2, 0.25) is 0 Å². The van der Waals surface area contributed by atoms with Crippen LogP contribution in [0, 0.1) is 0 Å². The van der Waals surface area contributed by atoms with Gasteiger partial charge in [0.05, 0.1) is 27.8 Å². The lowest BCUT2D eigenvalue weighted by Crippen LogP contribution is -2.27. The van der Waals surface area contributed by atoms with Crippen LogP contribution in [0.2, 0.25) is 0 Å². The average Bonchev–Trinajstić information content (AvgIpc) is 3.63. The van der Waals surface area contributed by atoms with E-state index >= 15 is 0 Å². The fourth-order valence-electron chi connectivity index (χ4n) is 4.62. The Labute approximate surface area is 213 Å². The number of thiazole rings is 1. The van der Waals surface area contributed by atoms with Gasteiger partial charge < -0.3 is 14.9 Å². The molecule has 35 heavy (non-hydrogen) atoms. The van der Waals surface area contributed by atoms with Crippen molar-refractivity contribution in [2.24, 2.45) is 0 Å². The van der Waals surface area contributed by atoms with E-state index in [0.29, 0.717) is 0 Å². The Bertz CT molecular complexity index is 1110. The van der Waals surface area contributed by atoms with Crippen LogP contribution in [0.15, 0.2) is 43.0 Å². The fraction of sp³-hybridized carbons (Fsp3) is 0.519. The predicted octanol–water partition coefficient (Wildman–Crippen LogP) is 5.95. The maximum Gasteiger partial charge on any atom is 0.123 e. The van der Waals surface area contributed by atoms with Crippen LogP contribution in [-0.4, -0.2) is 54.4 Å². The van der Waals surface area contributed by atoms with E-state index in [1.54, 1.807) is 6.20 Å². The number of aromatic amines is 2. The normalized spacial score (nSPS) is 12.8. The summed E-state index contributed by atoms with van der Waals surface area (Å²) in [4.78, 5) is 25.3. The molecule has 0 saturated heterocycles. The maximum absolute atomic E-state index is 4.92. The van der Waals surface area contributed by atoms with Crippen molar-refractivity contribution in [3.8, 4) is 0 Å². The minimum absolute atomic E-state index is 0.141. The van der Waals surface area contributed by atoms with Crippen molar-refractivity contribution in [3.05, 3.63) is 65.2 Å². The molecule has 4 rings (SSSR count). The van der Waals surface area contributed by atoms with Crippen molar-refractivity contribution in [1.82, 2.24) is 34.7 Å². The van der Waals surface area contributed by atoms with Crippen molar-refractivity contribution < 1.29 is 0 Å². The molecule has 3 heterocycles. The summed E-state index contributed by atoms with van der Waals surface area (Å²) in [5, 5.41) is 1.26. The monoisotopic (exact) mass is 493 g/mol. The summed E-state index contributed by atoms with van der Waals surface area (Å²) in [6.07, 6.45) is 13.4. The Balaban J connectivity index is 1.39. The zero-order valence-corrected chi connectivity index (χ0v) is 22.2. The number of rotatable bonds is 15. The van der Waals surface area contributed by atoms with Crippen LogP contribution in [0.25, 0.3) is 10.2 Å². The van der Waals surface area contributed by atoms with Crippen molar-refractivity contribution in [2.45, 2.75) is 72.0 Å². The lowest BCUT2D eigenvalue weighted by atomic mass is 10.1. The second kappa shape index (κ2) is 13.0. The molecule has 188 valence electrons. The molecule has 0 aliphatic carbocycles. The largest absolute Gasteiger partial charge is 0.348 e. The third kappa shape index (κ3) is 7.22. The molecule has 1 aromatic carbocycles. The van der Waals surface area contributed by atoms with Gasteiger partial charge in [0.25, 0.3) is 0 Å². The van der Waals surface area contributed by atoms with E-state index in [4.69, 9.17) is 4.98 Å². The minimum atomic E-state index is 0.141. The zero-order valence-electron chi connectivity index (χ0n) is 21.3. The van der Waals surface area contributed by atoms with Crippen molar-refractivity contribution >= 4 is 21.6 Å². The highest BCUT2D eigenvalue weighted by Gasteiger charge is 2.20. The predicted molar refractivity (Wildman–Crippen MR) is 144 cm³/mol. The minimum Gasteiger partial charge on any atom is -0.348 e. The van der Waals surface area contributed by atoms with Gasteiger partial charge in [-0.05, 0) is 76.4 Å². The lowest BCUT2D eigenvalue weighted by molar-refractivity contribution is 0.181. The molecule has 0 amide bonds. The van der Waals surface area contributed by atoms with Gasteiger partial charge in [-0.1, -0.05) is 19.9 Å². The topological polar surface area (TPSA) is 76.7 Å². The molecule has 8 heteroatoms. The second-order valence-corrected chi connectivity index (χ2v) is 10.4. The Hall–Kier alpha value is -2.55. The molecule has 2 N–H and O–H groups in total. The van der Waals surface area contributed by atoms with Gasteiger partial charge in [0.1, 0.15) is 11.6 Å². The van der Waals surface area contributed by atoms with Crippen LogP contribution >= 0.6 is 11.3 Å². The van der Waals surface area contributed by atoms with Crippen molar-refractivity contribution in [3.63, 3.8) is 0 Å². The number of H-pyrrole nitrogens is 2. The summed E-state index contributed by atoms with van der Waals surface area (Å²) < 4.78 is 1.28. The molecule has 7 nitrogen and oxygen atoms in total. The van der Waals surface area contributed by atoms with E-state index in [2.05, 4.69) is 68.7 Å². The highest BCUT2D eigenvalue weighted by molar-refractivity contribution is 7.18. The Morgan fingerprint density at radius 3 is 2.46 bits per heavy atom. The molecule has 0 aliphatic heterocycles. The molecular weight excluding hydrogens is 454 g/mol. The number of aromatic nitrogens is 5. The van der Waals surface area contributed by atoms with Gasteiger partial charge in [-0.3, -0.25) is 4.90 Å². The number of hydrogen-bond acceptors (Lipinski definition) is 6. The molecule has 0 aliphatic rings. The molecule has 1 unspecified atom stereocenters. The summed E-state index contributed by atoms with van der Waals surface area (Å²) >= 11 is 1.85. The van der Waals surface area contributed by atoms with Gasteiger partial charge in [-0.2, -0.15) is 0 Å². The van der Waals surface area contributed by atoms with Crippen LogP contribution in [-0.2, 0) is 19.5 Å². The first-order valence-electron chi connectivity index (χ1n) is 13.0. The molecule has 1 atom stereocenters. The summed E-state index contributed by atoms with van der Waals surface area (Å²) in [5.41, 5.74) is 2.40. The number of aryl methyl sites for hydroxylation is 1. The molecule has 0 saturated carbocycles. The number of imidazole rings is 2. The first-order chi connectivity index (χ1) is 17.2. The summed E-state index contributed by atoms with van der Waals surface area (Å²) in [6.45, 7) is 11.9. The van der Waals surface area contributed by atoms with Crippen LogP contribution in [0.1, 0.15) is 74.7 Å². The van der Waals surface area contributed by atoms with Gasteiger partial charge >= 0.3 is 0 Å². The lowest BCUT2D eigenvalue weighted by Gasteiger charge is -2.27. The van der Waals surface area contributed by atoms with Gasteiger partial charge in [-0.15, -0.1) is 11.3 Å². The highest BCUT2D eigenvalue weighted by atomic mass is 32.1. The Morgan fingerprint density at radius 1 is 0.943 bits per heavy atom. The molecule has 0 spiro atoms. The van der Waals surface area contributed by atoms with E-state index in [-0.39, 0.29) is 6.04 Å². The summed E-state index contributed by atoms with van der Waals surface area (Å²) in [7, 11) is 0. The molecule has 4 aromatic rings. The molecule has 0 bridgehead atoms. The number of benzene rings is 1.